The summed E-state index contributed by atoms with van der Waals surface area (Å²) in [6.07, 6.45) is 0. The van der Waals surface area contributed by atoms with Gasteiger partial charge in [0.05, 0.1) is 12.1 Å². The molecule has 3 heteroatoms. The fourth-order valence-corrected chi connectivity index (χ4v) is 1.98. The maximum atomic E-state index is 13.4. The van der Waals surface area contributed by atoms with E-state index in [2.05, 4.69) is 30.0 Å². The van der Waals surface area contributed by atoms with E-state index in [1.54, 1.807) is 6.07 Å². The molecular weight excluding hydrogens is 265 g/mol. The van der Waals surface area contributed by atoms with Gasteiger partial charge in [-0.25, -0.2) is 4.39 Å². The molecule has 2 aromatic rings. The summed E-state index contributed by atoms with van der Waals surface area (Å²) in [6, 6.07) is 10.5. The van der Waals surface area contributed by atoms with Crippen molar-refractivity contribution in [3.05, 3.63) is 64.5 Å². The zero-order chi connectivity index (χ0) is 15.2. The second-order valence-corrected chi connectivity index (χ2v) is 4.86. The van der Waals surface area contributed by atoms with Crippen LogP contribution in [-0.2, 0) is 6.61 Å². The predicted molar refractivity (Wildman–Crippen MR) is 82.6 cm³/mol. The second-order valence-electron chi connectivity index (χ2n) is 4.86. The van der Waals surface area contributed by atoms with Crippen LogP contribution in [0, 0.1) is 31.5 Å². The lowest BCUT2D eigenvalue weighted by atomic mass is 10.1. The van der Waals surface area contributed by atoms with Crippen LogP contribution in [0.5, 0.6) is 5.75 Å². The quantitative estimate of drug-likeness (QED) is 0.877. The van der Waals surface area contributed by atoms with Crippen LogP contribution < -0.4 is 10.5 Å². The molecule has 0 saturated heterocycles. The highest BCUT2D eigenvalue weighted by Crippen LogP contribution is 2.21. The molecular formula is C18H18FNO. The SMILES string of the molecule is Cc1ccc(C)c(COc2cc(F)ccc2C#CCN)c1. The first kappa shape index (κ1) is 15.1. The van der Waals surface area contributed by atoms with Gasteiger partial charge in [0.25, 0.3) is 0 Å². The number of nitrogens with two attached hydrogens (primary N) is 1. The van der Waals surface area contributed by atoms with Crippen molar-refractivity contribution >= 4 is 0 Å². The lowest BCUT2D eigenvalue weighted by molar-refractivity contribution is 0.303. The van der Waals surface area contributed by atoms with Crippen LogP contribution in [0.25, 0.3) is 0 Å². The van der Waals surface area contributed by atoms with Crippen molar-refractivity contribution in [3.8, 4) is 17.6 Å². The zero-order valence-electron chi connectivity index (χ0n) is 12.2. The first-order chi connectivity index (χ1) is 10.1. The molecule has 0 amide bonds. The Labute approximate surface area is 124 Å². The lowest BCUT2D eigenvalue weighted by Gasteiger charge is -2.11. The predicted octanol–water partition coefficient (Wildman–Crippen LogP) is 3.33. The van der Waals surface area contributed by atoms with Gasteiger partial charge in [-0.2, -0.15) is 0 Å². The standard InChI is InChI=1S/C18H18FNO/c1-13-5-6-14(2)16(10-13)12-21-18-11-17(19)8-7-15(18)4-3-9-20/h5-8,10-11H,9,12,20H2,1-2H3. The molecule has 0 saturated carbocycles. The van der Waals surface area contributed by atoms with Gasteiger partial charge in [-0.1, -0.05) is 35.6 Å². The molecule has 0 aliphatic heterocycles. The fourth-order valence-electron chi connectivity index (χ4n) is 1.98. The Hall–Kier alpha value is -2.31. The van der Waals surface area contributed by atoms with E-state index in [1.165, 1.54) is 17.7 Å². The fraction of sp³-hybridized carbons (Fsp3) is 0.222. The Kier molecular flexibility index (Phi) is 4.97. The van der Waals surface area contributed by atoms with Crippen LogP contribution in [0.3, 0.4) is 0 Å². The van der Waals surface area contributed by atoms with Crippen LogP contribution in [0.1, 0.15) is 22.3 Å². The van der Waals surface area contributed by atoms with E-state index in [-0.39, 0.29) is 12.4 Å². The Morgan fingerprint density at radius 1 is 1.14 bits per heavy atom. The van der Waals surface area contributed by atoms with Crippen LogP contribution in [0.15, 0.2) is 36.4 Å². The van der Waals surface area contributed by atoms with Crippen molar-refractivity contribution in [3.63, 3.8) is 0 Å². The normalized spacial score (nSPS) is 9.90. The van der Waals surface area contributed by atoms with Crippen LogP contribution in [0.2, 0.25) is 0 Å². The van der Waals surface area contributed by atoms with E-state index < -0.39 is 0 Å². The summed E-state index contributed by atoms with van der Waals surface area (Å²) in [5, 5.41) is 0. The maximum absolute atomic E-state index is 13.4. The van der Waals surface area contributed by atoms with E-state index in [0.717, 1.165) is 11.1 Å². The molecule has 2 aromatic carbocycles. The molecule has 0 heterocycles. The molecule has 21 heavy (non-hydrogen) atoms. The van der Waals surface area contributed by atoms with Crippen molar-refractivity contribution < 1.29 is 9.13 Å². The molecule has 2 N–H and O–H groups in total. The van der Waals surface area contributed by atoms with Gasteiger partial charge >= 0.3 is 0 Å². The summed E-state index contributed by atoms with van der Waals surface area (Å²) < 4.78 is 19.1. The number of rotatable bonds is 3. The highest BCUT2D eigenvalue weighted by atomic mass is 19.1. The third-order valence-corrected chi connectivity index (χ3v) is 3.16. The first-order valence-electron chi connectivity index (χ1n) is 6.77. The minimum Gasteiger partial charge on any atom is -0.487 e. The maximum Gasteiger partial charge on any atom is 0.138 e. The Balaban J connectivity index is 2.23. The summed E-state index contributed by atoms with van der Waals surface area (Å²) in [4.78, 5) is 0. The van der Waals surface area contributed by atoms with E-state index in [4.69, 9.17) is 10.5 Å². The van der Waals surface area contributed by atoms with E-state index >= 15 is 0 Å². The van der Waals surface area contributed by atoms with Crippen LogP contribution in [0.4, 0.5) is 4.39 Å². The first-order valence-corrected chi connectivity index (χ1v) is 6.77. The second kappa shape index (κ2) is 6.92. The van der Waals surface area contributed by atoms with Crippen LogP contribution in [-0.4, -0.2) is 6.54 Å². The van der Waals surface area contributed by atoms with Crippen molar-refractivity contribution in [2.24, 2.45) is 5.73 Å². The van der Waals surface area contributed by atoms with Crippen molar-refractivity contribution in [2.45, 2.75) is 20.5 Å². The van der Waals surface area contributed by atoms with Crippen molar-refractivity contribution in [2.75, 3.05) is 6.54 Å². The van der Waals surface area contributed by atoms with Gasteiger partial charge in [0.15, 0.2) is 0 Å². The van der Waals surface area contributed by atoms with Gasteiger partial charge in [0.2, 0.25) is 0 Å². The van der Waals surface area contributed by atoms with E-state index in [1.807, 2.05) is 13.8 Å². The Bertz CT molecular complexity index is 698. The molecule has 0 radical (unpaired) electrons. The number of ether oxygens (including phenoxy) is 1. The van der Waals surface area contributed by atoms with Gasteiger partial charge in [0, 0.05) is 6.07 Å². The molecule has 0 bridgehead atoms. The average Bonchev–Trinajstić information content (AvgIpc) is 2.47. The summed E-state index contributed by atoms with van der Waals surface area (Å²) >= 11 is 0. The lowest BCUT2D eigenvalue weighted by Crippen LogP contribution is -2.01. The summed E-state index contributed by atoms with van der Waals surface area (Å²) in [7, 11) is 0. The number of hydrogen-bond acceptors (Lipinski definition) is 2. The third-order valence-electron chi connectivity index (χ3n) is 3.16. The molecule has 2 rings (SSSR count). The highest BCUT2D eigenvalue weighted by molar-refractivity contribution is 5.46. The monoisotopic (exact) mass is 283 g/mol. The molecule has 0 aromatic heterocycles. The van der Waals surface area contributed by atoms with Gasteiger partial charge in [-0.05, 0) is 37.1 Å². The number of benzene rings is 2. The Morgan fingerprint density at radius 2 is 1.95 bits per heavy atom. The van der Waals surface area contributed by atoms with Crippen molar-refractivity contribution in [1.82, 2.24) is 0 Å². The van der Waals surface area contributed by atoms with Gasteiger partial charge in [-0.3, -0.25) is 0 Å². The zero-order valence-corrected chi connectivity index (χ0v) is 12.2. The highest BCUT2D eigenvalue weighted by Gasteiger charge is 2.06. The summed E-state index contributed by atoms with van der Waals surface area (Å²) in [5.41, 5.74) is 9.41. The van der Waals surface area contributed by atoms with Crippen LogP contribution >= 0.6 is 0 Å². The third kappa shape index (κ3) is 4.08. The van der Waals surface area contributed by atoms with Gasteiger partial charge in [0.1, 0.15) is 18.2 Å². The number of aryl methyl sites for hydroxylation is 2. The summed E-state index contributed by atoms with van der Waals surface area (Å²) in [6.45, 7) is 4.70. The largest absolute Gasteiger partial charge is 0.487 e. The molecule has 0 unspecified atom stereocenters. The van der Waals surface area contributed by atoms with E-state index in [9.17, 15) is 4.39 Å². The average molecular weight is 283 g/mol. The molecule has 0 aliphatic rings. The van der Waals surface area contributed by atoms with Crippen molar-refractivity contribution in [1.29, 1.82) is 0 Å². The molecule has 0 fully saturated rings. The van der Waals surface area contributed by atoms with Gasteiger partial charge < -0.3 is 10.5 Å². The summed E-state index contributed by atoms with van der Waals surface area (Å²) in [5.74, 6) is 5.75. The smallest absolute Gasteiger partial charge is 0.138 e. The molecule has 108 valence electrons. The Morgan fingerprint density at radius 3 is 2.71 bits per heavy atom. The molecule has 2 nitrogen and oxygen atoms in total. The minimum absolute atomic E-state index is 0.258. The topological polar surface area (TPSA) is 35.2 Å². The number of halogens is 1. The molecule has 0 spiro atoms. The number of hydrogen-bond donors (Lipinski definition) is 1. The van der Waals surface area contributed by atoms with Gasteiger partial charge in [-0.15, -0.1) is 0 Å². The molecule has 0 atom stereocenters. The molecule has 0 aliphatic carbocycles. The minimum atomic E-state index is -0.343. The van der Waals surface area contributed by atoms with E-state index in [0.29, 0.717) is 17.9 Å².